The molecule has 1 aliphatic rings. The fourth-order valence-electron chi connectivity index (χ4n) is 4.13. The summed E-state index contributed by atoms with van der Waals surface area (Å²) in [7, 11) is -3.78. The van der Waals surface area contributed by atoms with Crippen LogP contribution < -0.4 is 0 Å². The van der Waals surface area contributed by atoms with Gasteiger partial charge in [-0.2, -0.15) is 12.8 Å². The van der Waals surface area contributed by atoms with Crippen LogP contribution >= 0.6 is 11.6 Å². The Bertz CT molecular complexity index is 1080. The highest BCUT2D eigenvalue weighted by atomic mass is 35.5. The Morgan fingerprint density at radius 3 is 2.20 bits per heavy atom. The van der Waals surface area contributed by atoms with E-state index in [1.165, 1.54) is 5.57 Å². The van der Waals surface area contributed by atoms with Gasteiger partial charge >= 0.3 is 0 Å². The van der Waals surface area contributed by atoms with Gasteiger partial charge in [-0.3, -0.25) is 0 Å². The number of unbranched alkanes of at least 4 members (excludes halogenated alkanes) is 1. The monoisotopic (exact) mass is 443 g/mol. The molecule has 0 N–H and O–H groups in total. The molecule has 1 unspecified atom stereocenters. The van der Waals surface area contributed by atoms with E-state index in [0.29, 0.717) is 10.7 Å². The van der Waals surface area contributed by atoms with Crippen LogP contribution in [0.15, 0.2) is 63.4 Å². The van der Waals surface area contributed by atoms with Crippen LogP contribution in [0.1, 0.15) is 58.1 Å². The smallest absolute Gasteiger partial charge is 0.199 e. The van der Waals surface area contributed by atoms with Crippen LogP contribution in [0.25, 0.3) is 5.57 Å². The van der Waals surface area contributed by atoms with Crippen molar-refractivity contribution in [3.8, 4) is 0 Å². The molecule has 0 radical (unpaired) electrons. The van der Waals surface area contributed by atoms with Crippen molar-refractivity contribution in [1.82, 2.24) is 0 Å². The SMILES string of the molecule is CCCCC1=C(c2ccc(Cl)cc2)C(C)(C)C(C)/C1=N\S(=O)(=O)c1ccc(C)cc1. The molecule has 0 amide bonds. The number of sulfonamides is 1. The van der Waals surface area contributed by atoms with Gasteiger partial charge in [-0.1, -0.05) is 75.5 Å². The van der Waals surface area contributed by atoms with E-state index in [2.05, 4.69) is 32.1 Å². The third-order valence-electron chi connectivity index (χ3n) is 6.20. The number of hydrogen-bond acceptors (Lipinski definition) is 2. The second kappa shape index (κ2) is 8.68. The van der Waals surface area contributed by atoms with Gasteiger partial charge in [0.1, 0.15) is 0 Å². The molecule has 2 aromatic carbocycles. The molecular formula is C25H30ClNO2S. The van der Waals surface area contributed by atoms with E-state index >= 15 is 0 Å². The van der Waals surface area contributed by atoms with Crippen LogP contribution in [0.5, 0.6) is 0 Å². The second-order valence-corrected chi connectivity index (χ2v) is 10.7. The maximum atomic E-state index is 13.1. The van der Waals surface area contributed by atoms with Crippen molar-refractivity contribution in [2.45, 2.75) is 58.8 Å². The molecule has 160 valence electrons. The van der Waals surface area contributed by atoms with E-state index in [1.807, 2.05) is 43.3 Å². The highest BCUT2D eigenvalue weighted by Gasteiger charge is 2.44. The summed E-state index contributed by atoms with van der Waals surface area (Å²) in [5.74, 6) is -0.0183. The minimum atomic E-state index is -3.78. The van der Waals surface area contributed by atoms with Crippen LogP contribution in [0.3, 0.4) is 0 Å². The van der Waals surface area contributed by atoms with Gasteiger partial charge in [-0.15, -0.1) is 0 Å². The van der Waals surface area contributed by atoms with Crippen molar-refractivity contribution in [1.29, 1.82) is 0 Å². The molecule has 0 aliphatic heterocycles. The number of nitrogens with zero attached hydrogens (tertiary/aromatic N) is 1. The van der Waals surface area contributed by atoms with Crippen LogP contribution in [-0.4, -0.2) is 14.1 Å². The zero-order chi connectivity index (χ0) is 22.1. The Morgan fingerprint density at radius 1 is 1.03 bits per heavy atom. The molecule has 30 heavy (non-hydrogen) atoms. The zero-order valence-electron chi connectivity index (χ0n) is 18.4. The summed E-state index contributed by atoms with van der Waals surface area (Å²) in [4.78, 5) is 0.236. The first kappa shape index (κ1) is 22.8. The molecule has 5 heteroatoms. The molecule has 0 bridgehead atoms. The third-order valence-corrected chi connectivity index (χ3v) is 7.76. The molecule has 1 atom stereocenters. The number of hydrogen-bond donors (Lipinski definition) is 0. The van der Waals surface area contributed by atoms with Crippen molar-refractivity contribution in [2.24, 2.45) is 15.7 Å². The molecule has 2 aromatic rings. The fourth-order valence-corrected chi connectivity index (χ4v) is 5.37. The average molecular weight is 444 g/mol. The molecule has 1 aliphatic carbocycles. The van der Waals surface area contributed by atoms with Crippen LogP contribution in [0.2, 0.25) is 5.02 Å². The molecule has 0 aromatic heterocycles. The lowest BCUT2D eigenvalue weighted by molar-refractivity contribution is 0.420. The van der Waals surface area contributed by atoms with E-state index in [0.717, 1.165) is 36.0 Å². The van der Waals surface area contributed by atoms with Crippen molar-refractivity contribution >= 4 is 32.9 Å². The first-order chi connectivity index (χ1) is 14.1. The normalized spacial score (nSPS) is 20.2. The van der Waals surface area contributed by atoms with E-state index in [9.17, 15) is 8.42 Å². The maximum absolute atomic E-state index is 13.1. The number of allylic oxidation sites excluding steroid dienone is 2. The third kappa shape index (κ3) is 4.40. The number of benzene rings is 2. The van der Waals surface area contributed by atoms with Gasteiger partial charge in [-0.25, -0.2) is 0 Å². The Hall–Kier alpha value is -1.91. The predicted molar refractivity (Wildman–Crippen MR) is 127 cm³/mol. The first-order valence-electron chi connectivity index (χ1n) is 10.5. The zero-order valence-corrected chi connectivity index (χ0v) is 19.9. The Morgan fingerprint density at radius 2 is 1.63 bits per heavy atom. The summed E-state index contributed by atoms with van der Waals surface area (Å²) in [5.41, 5.74) is 4.80. The maximum Gasteiger partial charge on any atom is 0.282 e. The molecule has 0 heterocycles. The summed E-state index contributed by atoms with van der Waals surface area (Å²) in [5, 5.41) is 0.689. The largest absolute Gasteiger partial charge is 0.282 e. The Labute approximate surface area is 185 Å². The number of rotatable bonds is 6. The van der Waals surface area contributed by atoms with Crippen molar-refractivity contribution in [2.75, 3.05) is 0 Å². The molecule has 0 saturated heterocycles. The highest BCUT2D eigenvalue weighted by molar-refractivity contribution is 7.90. The van der Waals surface area contributed by atoms with Gasteiger partial charge in [0.05, 0.1) is 10.6 Å². The summed E-state index contributed by atoms with van der Waals surface area (Å²) in [6.07, 6.45) is 2.83. The van der Waals surface area contributed by atoms with Gasteiger partial charge in [-0.05, 0) is 66.2 Å². The van der Waals surface area contributed by atoms with E-state index in [4.69, 9.17) is 11.6 Å². The minimum absolute atomic E-state index is 0.0183. The van der Waals surface area contributed by atoms with Crippen molar-refractivity contribution < 1.29 is 8.42 Å². The van der Waals surface area contributed by atoms with Crippen LogP contribution in [-0.2, 0) is 10.0 Å². The van der Waals surface area contributed by atoms with Gasteiger partial charge in [0.15, 0.2) is 0 Å². The number of aryl methyl sites for hydroxylation is 1. The molecule has 0 spiro atoms. The lowest BCUT2D eigenvalue weighted by Gasteiger charge is -2.28. The van der Waals surface area contributed by atoms with Crippen molar-refractivity contribution in [3.05, 3.63) is 70.3 Å². The van der Waals surface area contributed by atoms with Gasteiger partial charge < -0.3 is 0 Å². The minimum Gasteiger partial charge on any atom is -0.199 e. The fraction of sp³-hybridized carbons (Fsp3) is 0.400. The Balaban J connectivity index is 2.20. The van der Waals surface area contributed by atoms with Gasteiger partial charge in [0.2, 0.25) is 0 Å². The molecule has 0 fully saturated rings. The number of halogens is 1. The standard InChI is InChI=1S/C25H30ClNO2S/c1-6-7-8-22-23(19-11-13-20(26)14-12-19)25(4,5)18(3)24(22)27-30(28,29)21-15-9-17(2)10-16-21/h9-16,18H,6-8H2,1-5H3/b27-24+. The van der Waals surface area contributed by atoms with Gasteiger partial charge in [0.25, 0.3) is 10.0 Å². The molecule has 0 saturated carbocycles. The molecular weight excluding hydrogens is 414 g/mol. The van der Waals surface area contributed by atoms with E-state index in [-0.39, 0.29) is 16.2 Å². The van der Waals surface area contributed by atoms with E-state index in [1.54, 1.807) is 12.1 Å². The van der Waals surface area contributed by atoms with Gasteiger partial charge in [0, 0.05) is 10.9 Å². The Kier molecular flexibility index (Phi) is 6.59. The summed E-state index contributed by atoms with van der Waals surface area (Å²) >= 11 is 6.11. The summed E-state index contributed by atoms with van der Waals surface area (Å²) in [6, 6.07) is 14.7. The average Bonchev–Trinajstić information content (AvgIpc) is 2.87. The quantitative estimate of drug-likeness (QED) is 0.478. The highest BCUT2D eigenvalue weighted by Crippen LogP contribution is 2.52. The molecule has 3 nitrogen and oxygen atoms in total. The second-order valence-electron chi connectivity index (χ2n) is 8.67. The topological polar surface area (TPSA) is 46.5 Å². The van der Waals surface area contributed by atoms with Crippen molar-refractivity contribution in [3.63, 3.8) is 0 Å². The molecule has 3 rings (SSSR count). The lowest BCUT2D eigenvalue weighted by Crippen LogP contribution is -2.23. The summed E-state index contributed by atoms with van der Waals surface area (Å²) in [6.45, 7) is 10.5. The van der Waals surface area contributed by atoms with E-state index < -0.39 is 10.0 Å². The first-order valence-corrected chi connectivity index (χ1v) is 12.3. The lowest BCUT2D eigenvalue weighted by atomic mass is 9.75. The predicted octanol–water partition coefficient (Wildman–Crippen LogP) is 7.10. The van der Waals surface area contributed by atoms with Crippen LogP contribution in [0.4, 0.5) is 0 Å². The summed E-state index contributed by atoms with van der Waals surface area (Å²) < 4.78 is 30.7. The van der Waals surface area contributed by atoms with Crippen LogP contribution in [0, 0.1) is 18.3 Å².